The number of alkyl halides is 1. The van der Waals surface area contributed by atoms with Crippen molar-refractivity contribution in [1.29, 1.82) is 0 Å². The minimum Gasteiger partial charge on any atom is -0.341 e. The van der Waals surface area contributed by atoms with Crippen LogP contribution in [0.25, 0.3) is 0 Å². The number of carbonyl (C=O) groups excluding carboxylic acids is 2. The van der Waals surface area contributed by atoms with E-state index in [4.69, 9.17) is 11.6 Å². The number of hydrogen-bond acceptors (Lipinski definition) is 2. The molecule has 2 atom stereocenters. The lowest BCUT2D eigenvalue weighted by Crippen LogP contribution is -2.34. The minimum atomic E-state index is -0.552. The maximum Gasteiger partial charge on any atom is 0.245 e. The summed E-state index contributed by atoms with van der Waals surface area (Å²) < 4.78 is 1.95. The SMILES string of the molecule is Cc1cc(C(=O)C(C)Cl)c(C)n1C(C)C(=O)N1CCCC1. The van der Waals surface area contributed by atoms with Crippen molar-refractivity contribution in [2.24, 2.45) is 0 Å². The van der Waals surface area contributed by atoms with Crippen LogP contribution in [0.4, 0.5) is 0 Å². The van der Waals surface area contributed by atoms with Gasteiger partial charge in [0.05, 0.1) is 5.38 Å². The van der Waals surface area contributed by atoms with E-state index in [1.54, 1.807) is 6.92 Å². The Morgan fingerprint density at radius 3 is 2.29 bits per heavy atom. The number of rotatable bonds is 4. The summed E-state index contributed by atoms with van der Waals surface area (Å²) in [5.74, 6) is 0.0454. The Morgan fingerprint density at radius 2 is 1.76 bits per heavy atom. The van der Waals surface area contributed by atoms with Crippen LogP contribution in [-0.4, -0.2) is 39.6 Å². The first kappa shape index (κ1) is 16.1. The van der Waals surface area contributed by atoms with Gasteiger partial charge in [0.15, 0.2) is 5.78 Å². The van der Waals surface area contributed by atoms with Crippen LogP contribution in [0.2, 0.25) is 0 Å². The summed E-state index contributed by atoms with van der Waals surface area (Å²) in [5.41, 5.74) is 2.37. The standard InChI is InChI=1S/C16H23ClN2O2/c1-10-9-14(15(20)11(2)17)12(3)19(10)13(4)16(21)18-7-5-6-8-18/h9,11,13H,5-8H2,1-4H3. The Labute approximate surface area is 131 Å². The zero-order chi connectivity index (χ0) is 15.7. The molecule has 0 aromatic carbocycles. The number of Topliss-reactive ketones (excluding diaryl/α,β-unsaturated/α-hetero) is 1. The van der Waals surface area contributed by atoms with Gasteiger partial charge in [-0.3, -0.25) is 9.59 Å². The molecule has 21 heavy (non-hydrogen) atoms. The number of nitrogens with zero attached hydrogens (tertiary/aromatic N) is 2. The van der Waals surface area contributed by atoms with Crippen LogP contribution in [-0.2, 0) is 4.79 Å². The van der Waals surface area contributed by atoms with E-state index in [2.05, 4.69) is 0 Å². The van der Waals surface area contributed by atoms with Crippen molar-refractivity contribution in [3.05, 3.63) is 23.0 Å². The fourth-order valence-corrected chi connectivity index (χ4v) is 3.27. The minimum absolute atomic E-state index is 0.0863. The molecule has 2 unspecified atom stereocenters. The molecule has 2 heterocycles. The number of aryl methyl sites for hydroxylation is 1. The van der Waals surface area contributed by atoms with Crippen LogP contribution in [0.1, 0.15) is 54.5 Å². The molecule has 1 aromatic rings. The topological polar surface area (TPSA) is 42.3 Å². The van der Waals surface area contributed by atoms with Crippen LogP contribution in [0.15, 0.2) is 6.07 Å². The molecule has 0 aliphatic carbocycles. The normalized spacial score (nSPS) is 17.9. The summed E-state index contributed by atoms with van der Waals surface area (Å²) in [6, 6.07) is 1.56. The van der Waals surface area contributed by atoms with Gasteiger partial charge in [-0.05, 0) is 46.6 Å². The monoisotopic (exact) mass is 310 g/mol. The molecule has 1 saturated heterocycles. The van der Waals surface area contributed by atoms with E-state index in [-0.39, 0.29) is 17.7 Å². The van der Waals surface area contributed by atoms with Crippen molar-refractivity contribution in [3.8, 4) is 0 Å². The first-order chi connectivity index (χ1) is 9.84. The van der Waals surface area contributed by atoms with Crippen molar-refractivity contribution >= 4 is 23.3 Å². The lowest BCUT2D eigenvalue weighted by atomic mass is 10.1. The van der Waals surface area contributed by atoms with E-state index in [9.17, 15) is 9.59 Å². The van der Waals surface area contributed by atoms with Crippen molar-refractivity contribution in [2.45, 2.75) is 52.0 Å². The van der Waals surface area contributed by atoms with Gasteiger partial charge in [0, 0.05) is 30.0 Å². The van der Waals surface area contributed by atoms with E-state index in [0.29, 0.717) is 5.56 Å². The molecule has 0 radical (unpaired) electrons. The third kappa shape index (κ3) is 3.00. The number of ketones is 1. The maximum atomic E-state index is 12.6. The van der Waals surface area contributed by atoms with E-state index >= 15 is 0 Å². The number of amides is 1. The molecule has 0 saturated carbocycles. The van der Waals surface area contributed by atoms with Gasteiger partial charge < -0.3 is 9.47 Å². The number of carbonyl (C=O) groups is 2. The van der Waals surface area contributed by atoms with E-state index in [0.717, 1.165) is 37.3 Å². The maximum absolute atomic E-state index is 12.6. The second-order valence-corrected chi connectivity index (χ2v) is 6.50. The first-order valence-corrected chi connectivity index (χ1v) is 7.93. The Bertz CT molecular complexity index is 557. The fraction of sp³-hybridized carbons (Fsp3) is 0.625. The van der Waals surface area contributed by atoms with Gasteiger partial charge in [-0.2, -0.15) is 0 Å². The molecule has 0 spiro atoms. The van der Waals surface area contributed by atoms with Gasteiger partial charge in [-0.1, -0.05) is 0 Å². The first-order valence-electron chi connectivity index (χ1n) is 7.50. The molecule has 5 heteroatoms. The second-order valence-electron chi connectivity index (χ2n) is 5.84. The molecule has 116 valence electrons. The molecule has 2 rings (SSSR count). The molecule has 0 N–H and O–H groups in total. The van der Waals surface area contributed by atoms with Crippen LogP contribution in [0, 0.1) is 13.8 Å². The predicted octanol–water partition coefficient (Wildman–Crippen LogP) is 3.10. The molecular weight excluding hydrogens is 288 g/mol. The van der Waals surface area contributed by atoms with Crippen molar-refractivity contribution < 1.29 is 9.59 Å². The Kier molecular flexibility index (Phi) is 4.77. The van der Waals surface area contributed by atoms with Crippen molar-refractivity contribution in [2.75, 3.05) is 13.1 Å². The van der Waals surface area contributed by atoms with Gasteiger partial charge in [0.1, 0.15) is 6.04 Å². The third-order valence-electron chi connectivity index (χ3n) is 4.27. The summed E-state index contributed by atoms with van der Waals surface area (Å²) in [6.45, 7) is 9.07. The molecule has 1 aromatic heterocycles. The Hall–Kier alpha value is -1.29. The number of hydrogen-bond donors (Lipinski definition) is 0. The quantitative estimate of drug-likeness (QED) is 0.633. The third-order valence-corrected chi connectivity index (χ3v) is 4.47. The summed E-state index contributed by atoms with van der Waals surface area (Å²) in [4.78, 5) is 26.6. The van der Waals surface area contributed by atoms with E-state index < -0.39 is 5.38 Å². The molecule has 1 amide bonds. The highest BCUT2D eigenvalue weighted by atomic mass is 35.5. The number of aromatic nitrogens is 1. The predicted molar refractivity (Wildman–Crippen MR) is 84.1 cm³/mol. The average Bonchev–Trinajstić information content (AvgIpc) is 3.05. The van der Waals surface area contributed by atoms with E-state index in [1.165, 1.54) is 0 Å². The molecule has 4 nitrogen and oxygen atoms in total. The number of halogens is 1. The largest absolute Gasteiger partial charge is 0.341 e. The summed E-state index contributed by atoms with van der Waals surface area (Å²) in [6.07, 6.45) is 2.16. The van der Waals surface area contributed by atoms with Crippen LogP contribution in [0.5, 0.6) is 0 Å². The van der Waals surface area contributed by atoms with Crippen LogP contribution >= 0.6 is 11.6 Å². The molecule has 1 aliphatic heterocycles. The van der Waals surface area contributed by atoms with Gasteiger partial charge in [0.25, 0.3) is 0 Å². The lowest BCUT2D eigenvalue weighted by molar-refractivity contribution is -0.133. The zero-order valence-corrected chi connectivity index (χ0v) is 13.9. The van der Waals surface area contributed by atoms with Gasteiger partial charge in [-0.15, -0.1) is 11.6 Å². The van der Waals surface area contributed by atoms with Crippen molar-refractivity contribution in [1.82, 2.24) is 9.47 Å². The summed E-state index contributed by atoms with van der Waals surface area (Å²) >= 11 is 5.91. The number of likely N-dealkylation sites (tertiary alicyclic amines) is 1. The lowest BCUT2D eigenvalue weighted by Gasteiger charge is -2.24. The highest BCUT2D eigenvalue weighted by Gasteiger charge is 2.28. The average molecular weight is 311 g/mol. The molecule has 1 aliphatic rings. The van der Waals surface area contributed by atoms with Crippen LogP contribution < -0.4 is 0 Å². The van der Waals surface area contributed by atoms with Gasteiger partial charge in [-0.25, -0.2) is 0 Å². The van der Waals surface area contributed by atoms with Gasteiger partial charge in [0.2, 0.25) is 5.91 Å². The Balaban J connectivity index is 2.31. The molecule has 1 fully saturated rings. The summed E-state index contributed by atoms with van der Waals surface area (Å²) in [5, 5.41) is -0.552. The fourth-order valence-electron chi connectivity index (χ4n) is 3.15. The smallest absolute Gasteiger partial charge is 0.245 e. The Morgan fingerprint density at radius 1 is 1.19 bits per heavy atom. The van der Waals surface area contributed by atoms with Crippen LogP contribution in [0.3, 0.4) is 0 Å². The van der Waals surface area contributed by atoms with E-state index in [1.807, 2.05) is 36.3 Å². The summed E-state index contributed by atoms with van der Waals surface area (Å²) in [7, 11) is 0. The zero-order valence-electron chi connectivity index (χ0n) is 13.1. The highest BCUT2D eigenvalue weighted by Crippen LogP contribution is 2.25. The second kappa shape index (κ2) is 6.22. The molecule has 0 bridgehead atoms. The van der Waals surface area contributed by atoms with Crippen molar-refractivity contribution in [3.63, 3.8) is 0 Å². The molecular formula is C16H23ClN2O2. The van der Waals surface area contributed by atoms with Gasteiger partial charge >= 0.3 is 0 Å². The highest BCUT2D eigenvalue weighted by molar-refractivity contribution is 6.33.